The lowest BCUT2D eigenvalue weighted by molar-refractivity contribution is -0.137. The van der Waals surface area contributed by atoms with Crippen molar-refractivity contribution in [3.05, 3.63) is 91.1 Å². The summed E-state index contributed by atoms with van der Waals surface area (Å²) in [4.78, 5) is 25.3. The van der Waals surface area contributed by atoms with E-state index in [-0.39, 0.29) is 32.5 Å². The summed E-state index contributed by atoms with van der Waals surface area (Å²) in [7, 11) is 0. The summed E-state index contributed by atoms with van der Waals surface area (Å²) in [6.07, 6.45) is -4.63. The molecule has 12 heteroatoms. The number of benzene rings is 3. The molecule has 1 aliphatic heterocycles. The van der Waals surface area contributed by atoms with Crippen molar-refractivity contribution in [2.75, 3.05) is 10.6 Å². The Morgan fingerprint density at radius 2 is 1.65 bits per heavy atom. The van der Waals surface area contributed by atoms with Crippen molar-refractivity contribution in [1.82, 2.24) is 5.32 Å². The minimum Gasteiger partial charge on any atom is -0.341 e. The molecule has 1 unspecified atom stereocenters. The third kappa shape index (κ3) is 4.84. The molecule has 0 aliphatic carbocycles. The number of amides is 3. The van der Waals surface area contributed by atoms with Crippen molar-refractivity contribution in [1.29, 1.82) is 0 Å². The molecule has 34 heavy (non-hydrogen) atoms. The van der Waals surface area contributed by atoms with Crippen LogP contribution in [0.3, 0.4) is 0 Å². The molecule has 0 aromatic heterocycles. The molecule has 1 heterocycles. The highest BCUT2D eigenvalue weighted by molar-refractivity contribution is 9.10. The summed E-state index contributed by atoms with van der Waals surface area (Å²) < 4.78 is 53.4. The molecule has 0 spiro atoms. The first-order valence-electron chi connectivity index (χ1n) is 9.48. The highest BCUT2D eigenvalue weighted by Crippen LogP contribution is 2.41. The van der Waals surface area contributed by atoms with Crippen LogP contribution in [0, 0.1) is 5.82 Å². The maximum Gasteiger partial charge on any atom is 0.416 e. The summed E-state index contributed by atoms with van der Waals surface area (Å²) in [6, 6.07) is 7.39. The second-order valence-corrected chi connectivity index (χ2v) is 8.99. The maximum atomic E-state index is 13.9. The first kappa shape index (κ1) is 24.3. The minimum absolute atomic E-state index is 0.108. The largest absolute Gasteiger partial charge is 0.416 e. The van der Waals surface area contributed by atoms with Crippen LogP contribution in [0.1, 0.15) is 33.1 Å². The van der Waals surface area contributed by atoms with Crippen LogP contribution in [-0.2, 0) is 6.18 Å². The van der Waals surface area contributed by atoms with Crippen molar-refractivity contribution in [2.24, 2.45) is 0 Å². The Morgan fingerprint density at radius 3 is 2.35 bits per heavy atom. The zero-order chi connectivity index (χ0) is 24.8. The molecule has 3 N–H and O–H groups in total. The average Bonchev–Trinajstić information content (AvgIpc) is 3.07. The second kappa shape index (κ2) is 9.09. The number of carbonyl (C=O) groups is 2. The molecule has 5 nitrogen and oxygen atoms in total. The van der Waals surface area contributed by atoms with Gasteiger partial charge in [-0.2, -0.15) is 13.2 Å². The fraction of sp³-hybridized carbons (Fsp3) is 0.0909. The molecule has 0 radical (unpaired) electrons. The molecule has 0 bridgehead atoms. The van der Waals surface area contributed by atoms with Crippen LogP contribution in [0.2, 0.25) is 10.0 Å². The summed E-state index contributed by atoms with van der Waals surface area (Å²) in [5.41, 5.74) is -0.335. The van der Waals surface area contributed by atoms with E-state index >= 15 is 0 Å². The number of anilines is 2. The number of halogens is 7. The lowest BCUT2D eigenvalue weighted by Crippen LogP contribution is -2.23. The van der Waals surface area contributed by atoms with Gasteiger partial charge >= 0.3 is 12.2 Å². The van der Waals surface area contributed by atoms with E-state index in [1.807, 2.05) is 0 Å². The number of nitrogens with one attached hydrogen (secondary N) is 3. The number of carbonyl (C=O) groups excluding carboxylic acids is 2. The van der Waals surface area contributed by atoms with Gasteiger partial charge < -0.3 is 16.0 Å². The molecule has 3 amide bonds. The molecular weight excluding hydrogens is 565 g/mol. The third-order valence-corrected chi connectivity index (χ3v) is 6.14. The molecule has 0 fully saturated rings. The molecule has 0 saturated carbocycles. The van der Waals surface area contributed by atoms with Gasteiger partial charge in [0.25, 0.3) is 5.91 Å². The lowest BCUT2D eigenvalue weighted by atomic mass is 9.96. The van der Waals surface area contributed by atoms with Crippen molar-refractivity contribution >= 4 is 62.4 Å². The predicted molar refractivity (Wildman–Crippen MR) is 124 cm³/mol. The third-order valence-electron chi connectivity index (χ3n) is 5.01. The van der Waals surface area contributed by atoms with Gasteiger partial charge in [0.05, 0.1) is 22.3 Å². The van der Waals surface area contributed by atoms with Crippen LogP contribution < -0.4 is 16.0 Å². The Morgan fingerprint density at radius 1 is 0.971 bits per heavy atom. The van der Waals surface area contributed by atoms with Crippen LogP contribution in [0.4, 0.5) is 33.7 Å². The topological polar surface area (TPSA) is 70.2 Å². The molecule has 1 aliphatic rings. The molecular formula is C22H12BrCl2F4N3O2. The number of fused-ring (bicyclic) bond motifs is 1. The van der Waals surface area contributed by atoms with Gasteiger partial charge in [0.15, 0.2) is 0 Å². The van der Waals surface area contributed by atoms with Gasteiger partial charge in [-0.3, -0.25) is 4.79 Å². The number of hydrogen-bond donors (Lipinski definition) is 3. The van der Waals surface area contributed by atoms with Gasteiger partial charge in [-0.05, 0) is 48.5 Å². The number of hydrogen-bond acceptors (Lipinski definition) is 2. The van der Waals surface area contributed by atoms with E-state index in [0.717, 1.165) is 24.3 Å². The zero-order valence-electron chi connectivity index (χ0n) is 16.7. The number of urea groups is 1. The van der Waals surface area contributed by atoms with Gasteiger partial charge in [-0.25, -0.2) is 9.18 Å². The van der Waals surface area contributed by atoms with Crippen LogP contribution in [0.5, 0.6) is 0 Å². The van der Waals surface area contributed by atoms with E-state index in [0.29, 0.717) is 16.1 Å². The SMILES string of the molecule is O=C(Nc1cc(C(F)(F)F)ccc1Cl)Nc1cc(Br)cc2c1C(c1cc(F)ccc1Cl)NC2=O. The summed E-state index contributed by atoms with van der Waals surface area (Å²) in [5.74, 6) is -1.06. The Bertz CT molecular complexity index is 1330. The van der Waals surface area contributed by atoms with E-state index in [9.17, 15) is 27.2 Å². The fourth-order valence-electron chi connectivity index (χ4n) is 3.54. The quantitative estimate of drug-likeness (QED) is 0.284. The average molecular weight is 577 g/mol. The number of rotatable bonds is 3. The highest BCUT2D eigenvalue weighted by Gasteiger charge is 2.35. The monoisotopic (exact) mass is 575 g/mol. The molecule has 0 saturated heterocycles. The van der Waals surface area contributed by atoms with E-state index < -0.39 is 35.5 Å². The highest BCUT2D eigenvalue weighted by atomic mass is 79.9. The smallest absolute Gasteiger partial charge is 0.341 e. The predicted octanol–water partition coefficient (Wildman–Crippen LogP) is 7.39. The first-order valence-corrected chi connectivity index (χ1v) is 11.0. The van der Waals surface area contributed by atoms with Gasteiger partial charge in [-0.15, -0.1) is 0 Å². The molecule has 4 rings (SSSR count). The standard InChI is InChI=1S/C22H12BrCl2F4N3O2/c23-10-6-13-18(19(32-20(13)33)12-8-11(26)2-4-14(12)24)17(7-10)31-21(34)30-16-5-9(22(27,28)29)1-3-15(16)25/h1-8,19H,(H,32,33)(H2,30,31,34). The van der Waals surface area contributed by atoms with Crippen molar-refractivity contribution in [2.45, 2.75) is 12.2 Å². The molecule has 176 valence electrons. The number of alkyl halides is 3. The van der Waals surface area contributed by atoms with E-state index in [2.05, 4.69) is 31.9 Å². The van der Waals surface area contributed by atoms with Crippen LogP contribution in [-0.4, -0.2) is 11.9 Å². The van der Waals surface area contributed by atoms with Gasteiger partial charge in [0.2, 0.25) is 0 Å². The second-order valence-electron chi connectivity index (χ2n) is 7.26. The molecule has 1 atom stereocenters. The summed E-state index contributed by atoms with van der Waals surface area (Å²) >= 11 is 15.4. The Balaban J connectivity index is 1.69. The van der Waals surface area contributed by atoms with E-state index in [4.69, 9.17) is 23.2 Å². The van der Waals surface area contributed by atoms with Crippen LogP contribution >= 0.6 is 39.1 Å². The summed E-state index contributed by atoms with van der Waals surface area (Å²) in [6.45, 7) is 0. The lowest BCUT2D eigenvalue weighted by Gasteiger charge is -2.19. The Hall–Kier alpha value is -2.82. The minimum atomic E-state index is -4.63. The zero-order valence-corrected chi connectivity index (χ0v) is 19.8. The van der Waals surface area contributed by atoms with Crippen LogP contribution in [0.25, 0.3) is 0 Å². The van der Waals surface area contributed by atoms with Crippen LogP contribution in [0.15, 0.2) is 53.0 Å². The van der Waals surface area contributed by atoms with Gasteiger partial charge in [0.1, 0.15) is 5.82 Å². The fourth-order valence-corrected chi connectivity index (χ4v) is 4.39. The first-order chi connectivity index (χ1) is 15.9. The van der Waals surface area contributed by atoms with E-state index in [1.54, 1.807) is 0 Å². The normalized spacial score (nSPS) is 15.0. The Labute approximate surface area is 208 Å². The molecule has 3 aromatic carbocycles. The van der Waals surface area contributed by atoms with Crippen molar-refractivity contribution in [3.8, 4) is 0 Å². The van der Waals surface area contributed by atoms with Crippen molar-refractivity contribution < 1.29 is 27.2 Å². The van der Waals surface area contributed by atoms with Crippen molar-refractivity contribution in [3.63, 3.8) is 0 Å². The summed E-state index contributed by atoms with van der Waals surface area (Å²) in [5, 5.41) is 7.58. The maximum absolute atomic E-state index is 13.9. The van der Waals surface area contributed by atoms with E-state index in [1.165, 1.54) is 18.2 Å². The van der Waals surface area contributed by atoms with Gasteiger partial charge in [-0.1, -0.05) is 39.1 Å². The van der Waals surface area contributed by atoms with Gasteiger partial charge in [0, 0.05) is 31.9 Å². The Kier molecular flexibility index (Phi) is 6.50. The molecule has 3 aromatic rings.